The molecule has 0 spiro atoms. The first-order valence-electron chi connectivity index (χ1n) is 5.78. The van der Waals surface area contributed by atoms with Crippen LogP contribution in [-0.4, -0.2) is 35.1 Å². The summed E-state index contributed by atoms with van der Waals surface area (Å²) in [4.78, 5) is 16.7. The van der Waals surface area contributed by atoms with E-state index in [1.165, 1.54) is 12.3 Å². The monoisotopic (exact) mass is 270 g/mol. The lowest BCUT2D eigenvalue weighted by Gasteiger charge is -2.36. The van der Waals surface area contributed by atoms with Crippen molar-refractivity contribution in [3.8, 4) is 0 Å². The number of nitro groups is 1. The first-order chi connectivity index (χ1) is 8.47. The van der Waals surface area contributed by atoms with Gasteiger partial charge in [-0.05, 0) is 13.8 Å². The van der Waals surface area contributed by atoms with Gasteiger partial charge in [-0.15, -0.1) is 0 Å². The van der Waals surface area contributed by atoms with Crippen LogP contribution >= 0.6 is 11.6 Å². The smallest absolute Gasteiger partial charge is 0.313 e. The highest BCUT2D eigenvalue weighted by atomic mass is 35.5. The zero-order valence-corrected chi connectivity index (χ0v) is 11.0. The SMILES string of the molecule is CC1CN(c2ncc(Cl)cc2[N+](=O)[O-])CC(C)N1. The Morgan fingerprint density at radius 1 is 1.50 bits per heavy atom. The molecule has 18 heavy (non-hydrogen) atoms. The van der Waals surface area contributed by atoms with Crippen molar-refractivity contribution >= 4 is 23.1 Å². The van der Waals surface area contributed by atoms with Crippen molar-refractivity contribution in [2.24, 2.45) is 0 Å². The van der Waals surface area contributed by atoms with Gasteiger partial charge in [0.05, 0.1) is 9.95 Å². The highest BCUT2D eigenvalue weighted by Crippen LogP contribution is 2.29. The van der Waals surface area contributed by atoms with E-state index in [0.29, 0.717) is 18.9 Å². The van der Waals surface area contributed by atoms with Gasteiger partial charge in [-0.25, -0.2) is 4.98 Å². The third kappa shape index (κ3) is 2.70. The van der Waals surface area contributed by atoms with Gasteiger partial charge in [-0.2, -0.15) is 0 Å². The molecule has 1 N–H and O–H groups in total. The Balaban J connectivity index is 2.35. The molecule has 0 aromatic carbocycles. The maximum Gasteiger partial charge on any atom is 0.313 e. The Morgan fingerprint density at radius 3 is 2.67 bits per heavy atom. The van der Waals surface area contributed by atoms with Gasteiger partial charge in [-0.1, -0.05) is 11.6 Å². The molecule has 0 bridgehead atoms. The van der Waals surface area contributed by atoms with E-state index in [-0.39, 0.29) is 22.8 Å². The molecular weight excluding hydrogens is 256 g/mol. The summed E-state index contributed by atoms with van der Waals surface area (Å²) in [5, 5.41) is 14.7. The summed E-state index contributed by atoms with van der Waals surface area (Å²) in [6.45, 7) is 5.48. The zero-order valence-electron chi connectivity index (χ0n) is 10.3. The van der Waals surface area contributed by atoms with Gasteiger partial charge >= 0.3 is 5.69 Å². The second-order valence-corrected chi connectivity index (χ2v) is 5.06. The summed E-state index contributed by atoms with van der Waals surface area (Å²) in [6, 6.07) is 1.89. The van der Waals surface area contributed by atoms with Crippen LogP contribution in [0.5, 0.6) is 0 Å². The van der Waals surface area contributed by atoms with Crippen LogP contribution < -0.4 is 10.2 Å². The van der Waals surface area contributed by atoms with E-state index in [9.17, 15) is 10.1 Å². The van der Waals surface area contributed by atoms with E-state index in [4.69, 9.17) is 11.6 Å². The van der Waals surface area contributed by atoms with Crippen LogP contribution in [0.25, 0.3) is 0 Å². The molecule has 0 aliphatic carbocycles. The molecule has 0 radical (unpaired) electrons. The van der Waals surface area contributed by atoms with Crippen molar-refractivity contribution in [3.05, 3.63) is 27.4 Å². The molecule has 6 nitrogen and oxygen atoms in total. The highest BCUT2D eigenvalue weighted by molar-refractivity contribution is 6.30. The van der Waals surface area contributed by atoms with Crippen LogP contribution in [0.2, 0.25) is 5.02 Å². The quantitative estimate of drug-likeness (QED) is 0.656. The number of anilines is 1. The molecule has 0 amide bonds. The standard InChI is InChI=1S/C11H15ClN4O2/c1-7-5-15(6-8(2)14-7)11-10(16(17)18)3-9(12)4-13-11/h3-4,7-8,14H,5-6H2,1-2H3. The molecule has 1 fully saturated rings. The number of pyridine rings is 1. The predicted octanol–water partition coefficient (Wildman–Crippen LogP) is 1.83. The maximum atomic E-state index is 11.0. The van der Waals surface area contributed by atoms with Crippen molar-refractivity contribution in [2.75, 3.05) is 18.0 Å². The molecular formula is C11H15ClN4O2. The van der Waals surface area contributed by atoms with Crippen LogP contribution in [0.3, 0.4) is 0 Å². The Bertz CT molecular complexity index is 458. The number of hydrogen-bond acceptors (Lipinski definition) is 5. The van der Waals surface area contributed by atoms with Gasteiger partial charge in [-0.3, -0.25) is 10.1 Å². The third-order valence-corrected chi connectivity index (χ3v) is 3.07. The third-order valence-electron chi connectivity index (χ3n) is 2.87. The summed E-state index contributed by atoms with van der Waals surface area (Å²) in [5.74, 6) is 0.393. The van der Waals surface area contributed by atoms with E-state index in [1.807, 2.05) is 18.7 Å². The largest absolute Gasteiger partial charge is 0.348 e. The highest BCUT2D eigenvalue weighted by Gasteiger charge is 2.27. The summed E-state index contributed by atoms with van der Waals surface area (Å²) in [5.41, 5.74) is -0.0381. The minimum absolute atomic E-state index is 0.0381. The van der Waals surface area contributed by atoms with E-state index in [0.717, 1.165) is 0 Å². The zero-order chi connectivity index (χ0) is 13.3. The van der Waals surface area contributed by atoms with Crippen LogP contribution in [-0.2, 0) is 0 Å². The number of hydrogen-bond donors (Lipinski definition) is 1. The number of halogens is 1. The molecule has 1 aromatic rings. The topological polar surface area (TPSA) is 71.3 Å². The molecule has 2 atom stereocenters. The average molecular weight is 271 g/mol. The number of rotatable bonds is 2. The number of aromatic nitrogens is 1. The Morgan fingerprint density at radius 2 is 2.11 bits per heavy atom. The van der Waals surface area contributed by atoms with Crippen molar-refractivity contribution in [1.29, 1.82) is 0 Å². The Kier molecular flexibility index (Phi) is 3.68. The van der Waals surface area contributed by atoms with Gasteiger partial charge in [0, 0.05) is 37.4 Å². The van der Waals surface area contributed by atoms with Crippen LogP contribution in [0.15, 0.2) is 12.3 Å². The van der Waals surface area contributed by atoms with E-state index in [1.54, 1.807) is 0 Å². The number of nitrogens with zero attached hydrogens (tertiary/aromatic N) is 3. The fourth-order valence-electron chi connectivity index (χ4n) is 2.30. The Hall–Kier alpha value is -1.40. The minimum Gasteiger partial charge on any atom is -0.348 e. The van der Waals surface area contributed by atoms with Crippen molar-refractivity contribution in [1.82, 2.24) is 10.3 Å². The van der Waals surface area contributed by atoms with Crippen LogP contribution in [0.4, 0.5) is 11.5 Å². The second kappa shape index (κ2) is 5.07. The van der Waals surface area contributed by atoms with Crippen molar-refractivity contribution in [2.45, 2.75) is 25.9 Å². The van der Waals surface area contributed by atoms with Gasteiger partial charge in [0.25, 0.3) is 0 Å². The molecule has 1 aliphatic rings. The first kappa shape index (κ1) is 13.0. The lowest BCUT2D eigenvalue weighted by molar-refractivity contribution is -0.384. The molecule has 1 aliphatic heterocycles. The molecule has 2 unspecified atom stereocenters. The molecule has 1 aromatic heterocycles. The van der Waals surface area contributed by atoms with E-state index < -0.39 is 4.92 Å². The summed E-state index contributed by atoms with van der Waals surface area (Å²) in [6.07, 6.45) is 1.45. The van der Waals surface area contributed by atoms with Gasteiger partial charge in [0.15, 0.2) is 0 Å². The summed E-state index contributed by atoms with van der Waals surface area (Å²) < 4.78 is 0. The maximum absolute atomic E-state index is 11.0. The predicted molar refractivity (Wildman–Crippen MR) is 70.2 cm³/mol. The van der Waals surface area contributed by atoms with Gasteiger partial charge in [0.1, 0.15) is 0 Å². The molecule has 1 saturated heterocycles. The fraction of sp³-hybridized carbons (Fsp3) is 0.545. The number of piperazine rings is 1. The number of nitrogens with one attached hydrogen (secondary N) is 1. The summed E-state index contributed by atoms with van der Waals surface area (Å²) >= 11 is 5.76. The van der Waals surface area contributed by atoms with Crippen LogP contribution in [0.1, 0.15) is 13.8 Å². The van der Waals surface area contributed by atoms with E-state index in [2.05, 4.69) is 10.3 Å². The average Bonchev–Trinajstić information content (AvgIpc) is 2.27. The second-order valence-electron chi connectivity index (χ2n) is 4.63. The fourth-order valence-corrected chi connectivity index (χ4v) is 2.45. The molecule has 2 rings (SSSR count). The molecule has 7 heteroatoms. The van der Waals surface area contributed by atoms with Crippen molar-refractivity contribution < 1.29 is 4.92 Å². The van der Waals surface area contributed by atoms with Crippen LogP contribution in [0, 0.1) is 10.1 Å². The normalized spacial score (nSPS) is 24.1. The lowest BCUT2D eigenvalue weighted by Crippen LogP contribution is -2.54. The molecule has 98 valence electrons. The van der Waals surface area contributed by atoms with Gasteiger partial charge in [0.2, 0.25) is 5.82 Å². The van der Waals surface area contributed by atoms with Crippen molar-refractivity contribution in [3.63, 3.8) is 0 Å². The molecule has 2 heterocycles. The minimum atomic E-state index is -0.439. The summed E-state index contributed by atoms with van der Waals surface area (Å²) in [7, 11) is 0. The van der Waals surface area contributed by atoms with E-state index >= 15 is 0 Å². The first-order valence-corrected chi connectivity index (χ1v) is 6.16. The Labute approximate surface area is 110 Å². The lowest BCUT2D eigenvalue weighted by atomic mass is 10.1. The molecule has 0 saturated carbocycles. The van der Waals surface area contributed by atoms with Gasteiger partial charge < -0.3 is 10.2 Å².